The van der Waals surface area contributed by atoms with E-state index in [0.29, 0.717) is 5.92 Å². The van der Waals surface area contributed by atoms with Crippen LogP contribution in [-0.4, -0.2) is 37.7 Å². The third-order valence-corrected chi connectivity index (χ3v) is 6.32. The van der Waals surface area contributed by atoms with Crippen LogP contribution in [0.2, 0.25) is 0 Å². The molecule has 146 valence electrons. The second kappa shape index (κ2) is 8.21. The summed E-state index contributed by atoms with van der Waals surface area (Å²) in [6.45, 7) is 1.90. The number of anilines is 1. The Morgan fingerprint density at radius 3 is 2.62 bits per heavy atom. The molecule has 7 heteroatoms. The SMILES string of the molecule is c1ccc(CSc2cncc(N3CCC(c4nnc5ccccn45)CC3)n2)cc1. The molecule has 4 aromatic rings. The Balaban J connectivity index is 1.24. The second-order valence-electron chi connectivity index (χ2n) is 7.24. The van der Waals surface area contributed by atoms with Crippen LogP contribution in [0.15, 0.2) is 72.1 Å². The highest BCUT2D eigenvalue weighted by molar-refractivity contribution is 7.98. The standard InChI is InChI=1S/C22H22N6S/c1-2-6-17(7-3-1)16-29-21-15-23-14-20(24-21)27-12-9-18(10-13-27)22-26-25-19-8-4-5-11-28(19)22/h1-8,11,14-15,18H,9-10,12-13,16H2. The first-order chi connectivity index (χ1) is 14.4. The van der Waals surface area contributed by atoms with Crippen LogP contribution in [0, 0.1) is 0 Å². The van der Waals surface area contributed by atoms with Crippen molar-refractivity contribution in [1.29, 1.82) is 0 Å². The molecule has 1 aromatic carbocycles. The molecule has 1 fully saturated rings. The molecule has 1 saturated heterocycles. The molecule has 29 heavy (non-hydrogen) atoms. The average molecular weight is 403 g/mol. The van der Waals surface area contributed by atoms with E-state index in [0.717, 1.165) is 54.0 Å². The molecule has 0 saturated carbocycles. The van der Waals surface area contributed by atoms with Crippen LogP contribution in [0.5, 0.6) is 0 Å². The minimum atomic E-state index is 0.423. The van der Waals surface area contributed by atoms with Crippen LogP contribution in [0.25, 0.3) is 5.65 Å². The molecular formula is C22H22N6S. The van der Waals surface area contributed by atoms with Crippen molar-refractivity contribution in [2.75, 3.05) is 18.0 Å². The zero-order valence-electron chi connectivity index (χ0n) is 16.1. The fourth-order valence-electron chi connectivity index (χ4n) is 3.80. The van der Waals surface area contributed by atoms with Crippen molar-refractivity contribution in [3.05, 3.63) is 78.5 Å². The van der Waals surface area contributed by atoms with E-state index in [1.807, 2.05) is 36.7 Å². The average Bonchev–Trinajstić information content (AvgIpc) is 3.23. The number of aromatic nitrogens is 5. The molecule has 0 bridgehead atoms. The first kappa shape index (κ1) is 18.1. The van der Waals surface area contributed by atoms with Gasteiger partial charge in [0.2, 0.25) is 0 Å². The molecule has 0 aliphatic carbocycles. The quantitative estimate of drug-likeness (QED) is 0.467. The number of piperidine rings is 1. The number of benzene rings is 1. The highest BCUT2D eigenvalue weighted by Crippen LogP contribution is 2.30. The van der Waals surface area contributed by atoms with Crippen molar-refractivity contribution in [3.8, 4) is 0 Å². The Kier molecular flexibility index (Phi) is 5.13. The summed E-state index contributed by atoms with van der Waals surface area (Å²) >= 11 is 1.73. The summed E-state index contributed by atoms with van der Waals surface area (Å²) in [7, 11) is 0. The van der Waals surface area contributed by atoms with E-state index in [-0.39, 0.29) is 0 Å². The highest BCUT2D eigenvalue weighted by atomic mass is 32.2. The third kappa shape index (κ3) is 3.96. The smallest absolute Gasteiger partial charge is 0.160 e. The van der Waals surface area contributed by atoms with Gasteiger partial charge in [0.1, 0.15) is 16.7 Å². The highest BCUT2D eigenvalue weighted by Gasteiger charge is 2.25. The maximum atomic E-state index is 4.84. The lowest BCUT2D eigenvalue weighted by atomic mass is 9.96. The fraction of sp³-hybridized carbons (Fsp3) is 0.273. The van der Waals surface area contributed by atoms with Gasteiger partial charge < -0.3 is 4.90 Å². The van der Waals surface area contributed by atoms with E-state index in [1.165, 1.54) is 5.56 Å². The maximum Gasteiger partial charge on any atom is 0.160 e. The van der Waals surface area contributed by atoms with Crippen LogP contribution < -0.4 is 4.90 Å². The van der Waals surface area contributed by atoms with Gasteiger partial charge in [-0.05, 0) is 30.5 Å². The lowest BCUT2D eigenvalue weighted by molar-refractivity contribution is 0.479. The molecule has 4 heterocycles. The molecule has 3 aromatic heterocycles. The van der Waals surface area contributed by atoms with E-state index in [2.05, 4.69) is 54.9 Å². The topological polar surface area (TPSA) is 59.2 Å². The lowest BCUT2D eigenvalue weighted by Gasteiger charge is -2.32. The van der Waals surface area contributed by atoms with Crippen molar-refractivity contribution in [2.24, 2.45) is 0 Å². The number of thioether (sulfide) groups is 1. The Hall–Kier alpha value is -2.93. The molecule has 1 aliphatic heterocycles. The van der Waals surface area contributed by atoms with Crippen molar-refractivity contribution in [1.82, 2.24) is 24.6 Å². The van der Waals surface area contributed by atoms with E-state index < -0.39 is 0 Å². The monoisotopic (exact) mass is 402 g/mol. The molecular weight excluding hydrogens is 380 g/mol. The molecule has 6 nitrogen and oxygen atoms in total. The van der Waals surface area contributed by atoms with E-state index in [4.69, 9.17) is 4.98 Å². The maximum absolute atomic E-state index is 4.84. The second-order valence-corrected chi connectivity index (χ2v) is 8.23. The van der Waals surface area contributed by atoms with Crippen LogP contribution in [0.4, 0.5) is 5.82 Å². The minimum absolute atomic E-state index is 0.423. The molecule has 5 rings (SSSR count). The van der Waals surface area contributed by atoms with Crippen LogP contribution in [0.3, 0.4) is 0 Å². The van der Waals surface area contributed by atoms with E-state index in [1.54, 1.807) is 11.8 Å². The minimum Gasteiger partial charge on any atom is -0.355 e. The molecule has 0 radical (unpaired) electrons. The number of hydrogen-bond donors (Lipinski definition) is 0. The van der Waals surface area contributed by atoms with Gasteiger partial charge in [0.15, 0.2) is 5.65 Å². The number of nitrogens with zero attached hydrogens (tertiary/aromatic N) is 6. The van der Waals surface area contributed by atoms with E-state index in [9.17, 15) is 0 Å². The molecule has 1 aliphatic rings. The van der Waals surface area contributed by atoms with Crippen molar-refractivity contribution in [2.45, 2.75) is 29.5 Å². The van der Waals surface area contributed by atoms with Crippen molar-refractivity contribution >= 4 is 23.2 Å². The number of rotatable bonds is 5. The fourth-order valence-corrected chi connectivity index (χ4v) is 4.60. The van der Waals surface area contributed by atoms with Gasteiger partial charge in [-0.2, -0.15) is 0 Å². The van der Waals surface area contributed by atoms with Crippen LogP contribution >= 0.6 is 11.8 Å². The Morgan fingerprint density at radius 2 is 1.76 bits per heavy atom. The number of pyridine rings is 1. The zero-order valence-corrected chi connectivity index (χ0v) is 16.9. The normalized spacial score (nSPS) is 15.1. The summed E-state index contributed by atoms with van der Waals surface area (Å²) in [5, 5.41) is 9.72. The molecule has 0 spiro atoms. The first-order valence-corrected chi connectivity index (χ1v) is 10.9. The van der Waals surface area contributed by atoms with Gasteiger partial charge >= 0.3 is 0 Å². The predicted molar refractivity (Wildman–Crippen MR) is 115 cm³/mol. The largest absolute Gasteiger partial charge is 0.355 e. The van der Waals surface area contributed by atoms with Gasteiger partial charge in [-0.15, -0.1) is 22.0 Å². The van der Waals surface area contributed by atoms with Gasteiger partial charge in [-0.1, -0.05) is 36.4 Å². The Labute approximate surface area is 174 Å². The van der Waals surface area contributed by atoms with E-state index >= 15 is 0 Å². The summed E-state index contributed by atoms with van der Waals surface area (Å²) < 4.78 is 2.11. The summed E-state index contributed by atoms with van der Waals surface area (Å²) in [6.07, 6.45) is 7.86. The Morgan fingerprint density at radius 1 is 0.931 bits per heavy atom. The van der Waals surface area contributed by atoms with Gasteiger partial charge in [-0.3, -0.25) is 9.38 Å². The van der Waals surface area contributed by atoms with Crippen LogP contribution in [-0.2, 0) is 5.75 Å². The lowest BCUT2D eigenvalue weighted by Crippen LogP contribution is -2.34. The molecule has 0 amide bonds. The van der Waals surface area contributed by atoms with Gasteiger partial charge in [-0.25, -0.2) is 4.98 Å². The third-order valence-electron chi connectivity index (χ3n) is 5.35. The van der Waals surface area contributed by atoms with Gasteiger partial charge in [0.25, 0.3) is 0 Å². The van der Waals surface area contributed by atoms with Crippen molar-refractivity contribution in [3.63, 3.8) is 0 Å². The van der Waals surface area contributed by atoms with Gasteiger partial charge in [0, 0.05) is 31.0 Å². The number of hydrogen-bond acceptors (Lipinski definition) is 6. The van der Waals surface area contributed by atoms with Gasteiger partial charge in [0.05, 0.1) is 12.4 Å². The predicted octanol–water partition coefficient (Wildman–Crippen LogP) is 4.20. The Bertz CT molecular complexity index is 1090. The van der Waals surface area contributed by atoms with Crippen molar-refractivity contribution < 1.29 is 0 Å². The summed E-state index contributed by atoms with van der Waals surface area (Å²) in [5.74, 6) is 3.36. The zero-order chi connectivity index (χ0) is 19.5. The summed E-state index contributed by atoms with van der Waals surface area (Å²) in [5.41, 5.74) is 2.21. The molecule has 0 N–H and O–H groups in total. The summed E-state index contributed by atoms with van der Waals surface area (Å²) in [4.78, 5) is 11.6. The molecule has 0 unspecified atom stereocenters. The summed E-state index contributed by atoms with van der Waals surface area (Å²) in [6, 6.07) is 16.5. The first-order valence-electron chi connectivity index (χ1n) is 9.90. The number of fused-ring (bicyclic) bond motifs is 1. The van der Waals surface area contributed by atoms with Crippen LogP contribution in [0.1, 0.15) is 30.1 Å². The molecule has 0 atom stereocenters.